The van der Waals surface area contributed by atoms with Gasteiger partial charge in [0.15, 0.2) is 0 Å². The Balaban J connectivity index is 2.20. The summed E-state index contributed by atoms with van der Waals surface area (Å²) in [6, 6.07) is 7.63. The number of rotatable bonds is 5. The first-order chi connectivity index (χ1) is 9.61. The zero-order valence-electron chi connectivity index (χ0n) is 11.3. The molecule has 5 heteroatoms. The Bertz CT molecular complexity index is 587. The van der Waals surface area contributed by atoms with Crippen molar-refractivity contribution in [2.75, 3.05) is 7.11 Å². The van der Waals surface area contributed by atoms with Crippen molar-refractivity contribution in [1.29, 1.82) is 0 Å². The van der Waals surface area contributed by atoms with Gasteiger partial charge in [0, 0.05) is 17.8 Å². The topological polar surface area (TPSA) is 51.6 Å². The Hall–Kier alpha value is -2.14. The van der Waals surface area contributed by atoms with Crippen LogP contribution in [0.15, 0.2) is 36.5 Å². The fourth-order valence-electron chi connectivity index (χ4n) is 1.85. The van der Waals surface area contributed by atoms with E-state index in [1.165, 1.54) is 25.3 Å². The number of aliphatic hydroxyl groups is 1. The monoisotopic (exact) mass is 277 g/mol. The third-order valence-electron chi connectivity index (χ3n) is 2.85. The fourth-order valence-corrected chi connectivity index (χ4v) is 1.85. The number of benzene rings is 1. The van der Waals surface area contributed by atoms with Gasteiger partial charge in [0.05, 0.1) is 18.8 Å². The van der Waals surface area contributed by atoms with Crippen LogP contribution in [-0.2, 0) is 6.61 Å². The zero-order valence-corrected chi connectivity index (χ0v) is 11.3. The molecule has 1 N–H and O–H groups in total. The van der Waals surface area contributed by atoms with E-state index in [4.69, 9.17) is 9.47 Å². The van der Waals surface area contributed by atoms with Crippen molar-refractivity contribution in [3.05, 3.63) is 53.5 Å². The van der Waals surface area contributed by atoms with Crippen molar-refractivity contribution in [1.82, 2.24) is 4.98 Å². The molecule has 0 aliphatic heterocycles. The maximum Gasteiger partial charge on any atom is 0.219 e. The Morgan fingerprint density at radius 3 is 2.85 bits per heavy atom. The molecule has 106 valence electrons. The van der Waals surface area contributed by atoms with Crippen LogP contribution in [0.25, 0.3) is 0 Å². The molecule has 0 spiro atoms. The molecular weight excluding hydrogens is 261 g/mol. The summed E-state index contributed by atoms with van der Waals surface area (Å²) in [5.74, 6) is 0.357. The molecule has 0 amide bonds. The highest BCUT2D eigenvalue weighted by Crippen LogP contribution is 2.27. The van der Waals surface area contributed by atoms with Crippen LogP contribution in [0.1, 0.15) is 24.2 Å². The van der Waals surface area contributed by atoms with Crippen LogP contribution in [0.3, 0.4) is 0 Å². The van der Waals surface area contributed by atoms with Crippen molar-refractivity contribution in [2.24, 2.45) is 0 Å². The molecule has 1 atom stereocenters. The summed E-state index contributed by atoms with van der Waals surface area (Å²) >= 11 is 0. The predicted molar refractivity (Wildman–Crippen MR) is 72.2 cm³/mol. The van der Waals surface area contributed by atoms with Crippen LogP contribution in [0.2, 0.25) is 0 Å². The van der Waals surface area contributed by atoms with Gasteiger partial charge >= 0.3 is 0 Å². The Morgan fingerprint density at radius 2 is 2.15 bits per heavy atom. The molecule has 0 bridgehead atoms. The van der Waals surface area contributed by atoms with E-state index in [-0.39, 0.29) is 6.61 Å². The van der Waals surface area contributed by atoms with Crippen LogP contribution in [0.4, 0.5) is 4.39 Å². The zero-order chi connectivity index (χ0) is 14.5. The van der Waals surface area contributed by atoms with E-state index in [0.717, 1.165) is 5.56 Å². The van der Waals surface area contributed by atoms with Crippen LogP contribution in [0.5, 0.6) is 11.6 Å². The Kier molecular flexibility index (Phi) is 4.53. The number of hydrogen-bond donors (Lipinski definition) is 1. The van der Waals surface area contributed by atoms with Gasteiger partial charge in [0.2, 0.25) is 5.88 Å². The first-order valence-electron chi connectivity index (χ1n) is 6.20. The Labute approximate surface area is 116 Å². The van der Waals surface area contributed by atoms with Crippen LogP contribution >= 0.6 is 0 Å². The Morgan fingerprint density at radius 1 is 1.35 bits per heavy atom. The standard InChI is InChI=1S/C15H16FNO3/c1-10(18)13-6-5-12(16)8-14(13)20-9-11-4-3-7-17-15(11)19-2/h3-8,10,18H,9H2,1-2H3. The average molecular weight is 277 g/mol. The van der Waals surface area contributed by atoms with Crippen molar-refractivity contribution in [3.8, 4) is 11.6 Å². The lowest BCUT2D eigenvalue weighted by molar-refractivity contribution is 0.189. The lowest BCUT2D eigenvalue weighted by Crippen LogP contribution is -2.03. The molecule has 1 unspecified atom stereocenters. The molecule has 1 aromatic carbocycles. The van der Waals surface area contributed by atoms with E-state index in [9.17, 15) is 9.50 Å². The average Bonchev–Trinajstić information content (AvgIpc) is 2.45. The lowest BCUT2D eigenvalue weighted by Gasteiger charge is -2.14. The van der Waals surface area contributed by atoms with Crippen LogP contribution < -0.4 is 9.47 Å². The molecule has 0 saturated carbocycles. The van der Waals surface area contributed by atoms with Gasteiger partial charge in [-0.3, -0.25) is 0 Å². The number of pyridine rings is 1. The SMILES string of the molecule is COc1ncccc1COc1cc(F)ccc1C(C)O. The second kappa shape index (κ2) is 6.34. The van der Waals surface area contributed by atoms with Gasteiger partial charge in [-0.25, -0.2) is 9.37 Å². The summed E-state index contributed by atoms with van der Waals surface area (Å²) in [5.41, 5.74) is 1.28. The number of nitrogens with zero attached hydrogens (tertiary/aromatic N) is 1. The van der Waals surface area contributed by atoms with Crippen molar-refractivity contribution >= 4 is 0 Å². The highest BCUT2D eigenvalue weighted by atomic mass is 19.1. The van der Waals surface area contributed by atoms with E-state index >= 15 is 0 Å². The van der Waals surface area contributed by atoms with Gasteiger partial charge in [0.25, 0.3) is 0 Å². The maximum absolute atomic E-state index is 13.3. The number of aromatic nitrogens is 1. The minimum absolute atomic E-state index is 0.181. The minimum Gasteiger partial charge on any atom is -0.488 e. The fraction of sp³-hybridized carbons (Fsp3) is 0.267. The minimum atomic E-state index is -0.735. The highest BCUT2D eigenvalue weighted by Gasteiger charge is 2.12. The van der Waals surface area contributed by atoms with Crippen molar-refractivity contribution in [2.45, 2.75) is 19.6 Å². The smallest absolute Gasteiger partial charge is 0.219 e. The van der Waals surface area contributed by atoms with Crippen LogP contribution in [-0.4, -0.2) is 17.2 Å². The molecular formula is C15H16FNO3. The van der Waals surface area contributed by atoms with Gasteiger partial charge in [-0.2, -0.15) is 0 Å². The summed E-state index contributed by atoms with van der Waals surface area (Å²) < 4.78 is 24.0. The molecule has 0 saturated heterocycles. The molecule has 1 aromatic heterocycles. The third-order valence-corrected chi connectivity index (χ3v) is 2.85. The molecule has 0 radical (unpaired) electrons. The lowest BCUT2D eigenvalue weighted by atomic mass is 10.1. The number of aliphatic hydroxyl groups excluding tert-OH is 1. The first-order valence-corrected chi connectivity index (χ1v) is 6.20. The predicted octanol–water partition coefficient (Wildman–Crippen LogP) is 2.86. The summed E-state index contributed by atoms with van der Waals surface area (Å²) in [7, 11) is 1.52. The van der Waals surface area contributed by atoms with E-state index in [2.05, 4.69) is 4.98 Å². The number of halogens is 1. The number of ether oxygens (including phenoxy) is 2. The summed E-state index contributed by atoms with van der Waals surface area (Å²) in [6.07, 6.45) is 0.882. The molecule has 4 nitrogen and oxygen atoms in total. The van der Waals surface area contributed by atoms with Gasteiger partial charge in [-0.05, 0) is 31.2 Å². The van der Waals surface area contributed by atoms with Crippen LogP contribution in [0, 0.1) is 5.82 Å². The maximum atomic E-state index is 13.3. The van der Waals surface area contributed by atoms with E-state index in [1.54, 1.807) is 19.2 Å². The normalized spacial score (nSPS) is 12.0. The van der Waals surface area contributed by atoms with Gasteiger partial charge < -0.3 is 14.6 Å². The molecule has 2 aromatic rings. The van der Waals surface area contributed by atoms with Crippen molar-refractivity contribution in [3.63, 3.8) is 0 Å². The third kappa shape index (κ3) is 3.24. The quantitative estimate of drug-likeness (QED) is 0.913. The number of methoxy groups -OCH3 is 1. The van der Waals surface area contributed by atoms with Gasteiger partial charge in [-0.1, -0.05) is 0 Å². The molecule has 2 rings (SSSR count). The summed E-state index contributed by atoms with van der Waals surface area (Å²) in [5, 5.41) is 9.65. The van der Waals surface area contributed by atoms with Gasteiger partial charge in [-0.15, -0.1) is 0 Å². The molecule has 1 heterocycles. The summed E-state index contributed by atoms with van der Waals surface area (Å²) in [4.78, 5) is 4.06. The molecule has 0 aliphatic carbocycles. The first kappa shape index (κ1) is 14.3. The van der Waals surface area contributed by atoms with Crippen molar-refractivity contribution < 1.29 is 19.0 Å². The molecule has 0 aliphatic rings. The van der Waals surface area contributed by atoms with E-state index < -0.39 is 11.9 Å². The van der Waals surface area contributed by atoms with Gasteiger partial charge in [0.1, 0.15) is 18.2 Å². The molecule has 20 heavy (non-hydrogen) atoms. The molecule has 0 fully saturated rings. The highest BCUT2D eigenvalue weighted by molar-refractivity contribution is 5.36. The van der Waals surface area contributed by atoms with E-state index in [0.29, 0.717) is 17.2 Å². The van der Waals surface area contributed by atoms with E-state index in [1.807, 2.05) is 6.07 Å². The largest absolute Gasteiger partial charge is 0.488 e. The second-order valence-corrected chi connectivity index (χ2v) is 4.32. The summed E-state index contributed by atoms with van der Waals surface area (Å²) in [6.45, 7) is 1.78. The number of hydrogen-bond acceptors (Lipinski definition) is 4. The second-order valence-electron chi connectivity index (χ2n) is 4.32.